The summed E-state index contributed by atoms with van der Waals surface area (Å²) in [5.74, 6) is 0.969. The monoisotopic (exact) mass is 276 g/mol. The molecule has 1 aliphatic rings. The van der Waals surface area contributed by atoms with Crippen LogP contribution in [-0.4, -0.2) is 43.7 Å². The predicted octanol–water partition coefficient (Wildman–Crippen LogP) is 2.92. The fourth-order valence-electron chi connectivity index (χ4n) is 3.02. The van der Waals surface area contributed by atoms with Crippen molar-refractivity contribution in [2.24, 2.45) is 0 Å². The van der Waals surface area contributed by atoms with Gasteiger partial charge < -0.3 is 15.0 Å². The Hall–Kier alpha value is -1.06. The van der Waals surface area contributed by atoms with Gasteiger partial charge in [-0.05, 0) is 51.4 Å². The van der Waals surface area contributed by atoms with Crippen molar-refractivity contribution in [1.29, 1.82) is 0 Å². The first-order valence-electron chi connectivity index (χ1n) is 7.91. The number of para-hydroxylation sites is 1. The van der Waals surface area contributed by atoms with E-state index in [9.17, 15) is 0 Å². The van der Waals surface area contributed by atoms with Gasteiger partial charge in [0.2, 0.25) is 0 Å². The molecule has 1 fully saturated rings. The molecule has 1 N–H and O–H groups in total. The largest absolute Gasteiger partial charge is 0.492 e. The average molecular weight is 276 g/mol. The van der Waals surface area contributed by atoms with Gasteiger partial charge in [0.05, 0.1) is 0 Å². The third kappa shape index (κ3) is 4.80. The van der Waals surface area contributed by atoms with E-state index in [1.165, 1.54) is 25.7 Å². The van der Waals surface area contributed by atoms with Crippen LogP contribution in [0.1, 0.15) is 32.6 Å². The van der Waals surface area contributed by atoms with E-state index < -0.39 is 0 Å². The summed E-state index contributed by atoms with van der Waals surface area (Å²) in [6.45, 7) is 5.06. The van der Waals surface area contributed by atoms with Crippen molar-refractivity contribution in [3.05, 3.63) is 30.3 Å². The minimum absolute atomic E-state index is 0.726. The molecule has 0 bridgehead atoms. The minimum atomic E-state index is 0.726. The molecule has 1 saturated carbocycles. The Balaban J connectivity index is 1.64. The molecule has 2 rings (SSSR count). The lowest BCUT2D eigenvalue weighted by Crippen LogP contribution is -2.42. The van der Waals surface area contributed by atoms with Crippen LogP contribution in [-0.2, 0) is 0 Å². The van der Waals surface area contributed by atoms with E-state index >= 15 is 0 Å². The molecule has 112 valence electrons. The number of hydrogen-bond donors (Lipinski definition) is 1. The molecule has 0 atom stereocenters. The molecule has 0 unspecified atom stereocenters. The lowest BCUT2D eigenvalue weighted by atomic mass is 9.90. The van der Waals surface area contributed by atoms with Gasteiger partial charge in [-0.3, -0.25) is 0 Å². The van der Waals surface area contributed by atoms with Crippen LogP contribution in [0.4, 0.5) is 0 Å². The van der Waals surface area contributed by atoms with Gasteiger partial charge in [-0.1, -0.05) is 25.1 Å². The van der Waals surface area contributed by atoms with E-state index in [0.29, 0.717) is 0 Å². The number of likely N-dealkylation sites (N-methyl/N-ethyl adjacent to an activating group) is 1. The van der Waals surface area contributed by atoms with Crippen LogP contribution < -0.4 is 10.1 Å². The maximum atomic E-state index is 5.77. The number of nitrogens with one attached hydrogen (secondary N) is 1. The van der Waals surface area contributed by atoms with Crippen LogP contribution in [0.2, 0.25) is 0 Å². The Morgan fingerprint density at radius 1 is 1.15 bits per heavy atom. The second kappa shape index (κ2) is 8.28. The van der Waals surface area contributed by atoms with Gasteiger partial charge in [0, 0.05) is 18.6 Å². The van der Waals surface area contributed by atoms with E-state index in [2.05, 4.69) is 24.2 Å². The zero-order valence-electron chi connectivity index (χ0n) is 12.8. The normalized spacial score (nSPS) is 22.9. The third-order valence-corrected chi connectivity index (χ3v) is 4.27. The van der Waals surface area contributed by atoms with E-state index in [-0.39, 0.29) is 0 Å². The van der Waals surface area contributed by atoms with Gasteiger partial charge in [0.25, 0.3) is 0 Å². The molecule has 3 heteroatoms. The molecular formula is C17H28N2O. The molecule has 0 heterocycles. The van der Waals surface area contributed by atoms with Gasteiger partial charge in [-0.2, -0.15) is 0 Å². The average Bonchev–Trinajstić information content (AvgIpc) is 2.49. The molecule has 0 spiro atoms. The highest BCUT2D eigenvalue weighted by Crippen LogP contribution is 2.22. The zero-order chi connectivity index (χ0) is 14.2. The molecule has 0 aromatic heterocycles. The van der Waals surface area contributed by atoms with Crippen molar-refractivity contribution in [3.8, 4) is 5.75 Å². The molecule has 0 aliphatic heterocycles. The van der Waals surface area contributed by atoms with E-state index in [0.717, 1.165) is 37.5 Å². The standard InChI is InChI=1S/C17H28N2O/c1-3-18-15-9-11-16(12-10-15)19(2)13-14-20-17-7-5-4-6-8-17/h4-8,15-16,18H,3,9-14H2,1-2H3. The Morgan fingerprint density at radius 3 is 2.50 bits per heavy atom. The summed E-state index contributed by atoms with van der Waals surface area (Å²) in [6.07, 6.45) is 5.23. The number of benzene rings is 1. The fourth-order valence-corrected chi connectivity index (χ4v) is 3.02. The van der Waals surface area contributed by atoms with Crippen molar-refractivity contribution in [1.82, 2.24) is 10.2 Å². The molecule has 1 aromatic rings. The van der Waals surface area contributed by atoms with Crippen molar-refractivity contribution >= 4 is 0 Å². The number of nitrogens with zero attached hydrogens (tertiary/aromatic N) is 1. The highest BCUT2D eigenvalue weighted by molar-refractivity contribution is 5.20. The van der Waals surface area contributed by atoms with Crippen molar-refractivity contribution in [2.75, 3.05) is 26.7 Å². The van der Waals surface area contributed by atoms with Gasteiger partial charge >= 0.3 is 0 Å². The lowest BCUT2D eigenvalue weighted by molar-refractivity contribution is 0.149. The number of rotatable bonds is 7. The maximum absolute atomic E-state index is 5.77. The quantitative estimate of drug-likeness (QED) is 0.829. The Kier molecular flexibility index (Phi) is 6.34. The first kappa shape index (κ1) is 15.3. The Morgan fingerprint density at radius 2 is 1.85 bits per heavy atom. The highest BCUT2D eigenvalue weighted by atomic mass is 16.5. The Bertz CT molecular complexity index is 361. The molecular weight excluding hydrogens is 248 g/mol. The second-order valence-corrected chi connectivity index (χ2v) is 5.71. The summed E-state index contributed by atoms with van der Waals surface area (Å²) in [4.78, 5) is 2.46. The van der Waals surface area contributed by atoms with Crippen LogP contribution >= 0.6 is 0 Å². The molecule has 0 amide bonds. The number of hydrogen-bond acceptors (Lipinski definition) is 3. The first-order valence-corrected chi connectivity index (χ1v) is 7.91. The van der Waals surface area contributed by atoms with E-state index in [1.807, 2.05) is 30.3 Å². The van der Waals surface area contributed by atoms with Crippen molar-refractivity contribution in [2.45, 2.75) is 44.7 Å². The summed E-state index contributed by atoms with van der Waals surface area (Å²) >= 11 is 0. The van der Waals surface area contributed by atoms with Crippen LogP contribution in [0.15, 0.2) is 30.3 Å². The van der Waals surface area contributed by atoms with Gasteiger partial charge in [-0.15, -0.1) is 0 Å². The number of ether oxygens (including phenoxy) is 1. The Labute approximate surface area is 123 Å². The second-order valence-electron chi connectivity index (χ2n) is 5.71. The smallest absolute Gasteiger partial charge is 0.119 e. The first-order chi connectivity index (χ1) is 9.79. The molecule has 0 saturated heterocycles. The maximum Gasteiger partial charge on any atom is 0.119 e. The summed E-state index contributed by atoms with van der Waals surface area (Å²) in [6, 6.07) is 11.5. The predicted molar refractivity (Wildman–Crippen MR) is 84.3 cm³/mol. The van der Waals surface area contributed by atoms with Crippen molar-refractivity contribution < 1.29 is 4.74 Å². The minimum Gasteiger partial charge on any atom is -0.492 e. The SMILES string of the molecule is CCNC1CCC(N(C)CCOc2ccccc2)CC1. The molecule has 20 heavy (non-hydrogen) atoms. The van der Waals surface area contributed by atoms with Crippen molar-refractivity contribution in [3.63, 3.8) is 0 Å². The topological polar surface area (TPSA) is 24.5 Å². The summed E-state index contributed by atoms with van der Waals surface area (Å²) in [7, 11) is 2.23. The van der Waals surface area contributed by atoms with Gasteiger partial charge in [-0.25, -0.2) is 0 Å². The van der Waals surface area contributed by atoms with Crippen LogP contribution in [0.3, 0.4) is 0 Å². The molecule has 1 aromatic carbocycles. The van der Waals surface area contributed by atoms with E-state index in [1.54, 1.807) is 0 Å². The molecule has 3 nitrogen and oxygen atoms in total. The lowest BCUT2D eigenvalue weighted by Gasteiger charge is -2.34. The van der Waals surface area contributed by atoms with Gasteiger partial charge in [0.15, 0.2) is 0 Å². The molecule has 1 aliphatic carbocycles. The summed E-state index contributed by atoms with van der Waals surface area (Å²) in [5, 5.41) is 3.57. The third-order valence-electron chi connectivity index (χ3n) is 4.27. The molecule has 0 radical (unpaired) electrons. The highest BCUT2D eigenvalue weighted by Gasteiger charge is 2.23. The van der Waals surface area contributed by atoms with E-state index in [4.69, 9.17) is 4.74 Å². The van der Waals surface area contributed by atoms with Gasteiger partial charge in [0.1, 0.15) is 12.4 Å². The summed E-state index contributed by atoms with van der Waals surface area (Å²) in [5.41, 5.74) is 0. The van der Waals surface area contributed by atoms with Crippen LogP contribution in [0, 0.1) is 0 Å². The van der Waals surface area contributed by atoms with Crippen LogP contribution in [0.5, 0.6) is 5.75 Å². The zero-order valence-corrected chi connectivity index (χ0v) is 12.8. The summed E-state index contributed by atoms with van der Waals surface area (Å²) < 4.78 is 5.77. The fraction of sp³-hybridized carbons (Fsp3) is 0.647. The van der Waals surface area contributed by atoms with Crippen LogP contribution in [0.25, 0.3) is 0 Å².